The molecule has 3 aliphatic heterocycles. The number of piperazine rings is 1. The zero-order valence-corrected chi connectivity index (χ0v) is 26.4. The van der Waals surface area contributed by atoms with Crippen LogP contribution in [-0.2, 0) is 24.0 Å². The molecule has 0 spiro atoms. The largest absolute Gasteiger partial charge is 0.489 e. The molecule has 14 nitrogen and oxygen atoms in total. The van der Waals surface area contributed by atoms with E-state index in [9.17, 15) is 38.7 Å². The molecule has 4 heterocycles. The van der Waals surface area contributed by atoms with Crippen LogP contribution in [0.3, 0.4) is 0 Å². The molecule has 3 atom stereocenters. The number of carboxylic acid groups (broad SMARTS) is 1. The van der Waals surface area contributed by atoms with E-state index in [0.717, 1.165) is 9.80 Å². The number of ether oxygens (including phenoxy) is 1. The van der Waals surface area contributed by atoms with Gasteiger partial charge >= 0.3 is 29.4 Å². The minimum atomic E-state index is -1.32. The molecule has 5 amide bonds. The number of ketones is 1. The second kappa shape index (κ2) is 13.4. The van der Waals surface area contributed by atoms with Crippen LogP contribution >= 0.6 is 11.8 Å². The summed E-state index contributed by atoms with van der Waals surface area (Å²) in [5.41, 5.74) is 0.333. The molecular formula is C33H30N4O10S. The fourth-order valence-electron chi connectivity index (χ4n) is 5.93. The number of urea groups is 1. The van der Waals surface area contributed by atoms with E-state index in [4.69, 9.17) is 9.15 Å². The lowest BCUT2D eigenvalue weighted by Gasteiger charge is -2.49. The SMILES string of the molecule is CCN1CCN(C(=O)N[C@@H](C(=O)C[C@@H]2C(=O)N3C(C(=O)O)=C(COc4ccc5ccc(=O)oc5c4)CS[C@H]23)c2ccccc2)C(=O)C1=O. The number of aliphatic carboxylic acids is 1. The third kappa shape index (κ3) is 6.15. The van der Waals surface area contributed by atoms with Gasteiger partial charge in [0.05, 0.1) is 11.3 Å². The van der Waals surface area contributed by atoms with Crippen molar-refractivity contribution in [3.63, 3.8) is 0 Å². The summed E-state index contributed by atoms with van der Waals surface area (Å²) in [5, 5.41) is 12.7. The number of carboxylic acids is 1. The zero-order chi connectivity index (χ0) is 34.1. The van der Waals surface area contributed by atoms with Gasteiger partial charge in [-0.3, -0.25) is 29.0 Å². The summed E-state index contributed by atoms with van der Waals surface area (Å²) in [4.78, 5) is 92.5. The van der Waals surface area contributed by atoms with E-state index >= 15 is 0 Å². The van der Waals surface area contributed by atoms with Gasteiger partial charge in [0, 0.05) is 54.9 Å². The molecule has 248 valence electrons. The molecule has 6 rings (SSSR count). The lowest BCUT2D eigenvalue weighted by molar-refractivity contribution is -0.154. The fourth-order valence-corrected chi connectivity index (χ4v) is 7.33. The number of β-lactam (4-membered cyclic amide) rings is 1. The van der Waals surface area contributed by atoms with Crippen molar-refractivity contribution in [2.24, 2.45) is 5.92 Å². The first-order valence-corrected chi connectivity index (χ1v) is 16.2. The van der Waals surface area contributed by atoms with Gasteiger partial charge in [-0.25, -0.2) is 14.4 Å². The molecule has 15 heteroatoms. The summed E-state index contributed by atoms with van der Waals surface area (Å²) in [7, 11) is 0. The molecule has 1 aromatic heterocycles. The van der Waals surface area contributed by atoms with Gasteiger partial charge in [0.15, 0.2) is 5.78 Å². The molecule has 48 heavy (non-hydrogen) atoms. The molecule has 2 fully saturated rings. The predicted molar refractivity (Wildman–Crippen MR) is 171 cm³/mol. The van der Waals surface area contributed by atoms with Gasteiger partial charge in [0.1, 0.15) is 29.7 Å². The quantitative estimate of drug-likeness (QED) is 0.183. The van der Waals surface area contributed by atoms with Gasteiger partial charge in [-0.1, -0.05) is 30.3 Å². The number of likely N-dealkylation sites (N-methyl/N-ethyl adjacent to an activating group) is 1. The van der Waals surface area contributed by atoms with Gasteiger partial charge in [0.2, 0.25) is 5.91 Å². The van der Waals surface area contributed by atoms with Crippen molar-refractivity contribution in [3.8, 4) is 5.75 Å². The smallest absolute Gasteiger partial charge is 0.352 e. The Morgan fingerprint density at radius 1 is 1.02 bits per heavy atom. The van der Waals surface area contributed by atoms with Gasteiger partial charge in [0.25, 0.3) is 0 Å². The average molecular weight is 675 g/mol. The maximum absolute atomic E-state index is 13.7. The number of imide groups is 1. The Morgan fingerprint density at radius 2 is 1.77 bits per heavy atom. The topological polar surface area (TPSA) is 184 Å². The van der Waals surface area contributed by atoms with E-state index in [1.165, 1.54) is 28.8 Å². The highest BCUT2D eigenvalue weighted by Gasteiger charge is 2.54. The van der Waals surface area contributed by atoms with Crippen LogP contribution in [0.25, 0.3) is 11.0 Å². The monoisotopic (exact) mass is 674 g/mol. The Labute approximate surface area is 277 Å². The van der Waals surface area contributed by atoms with E-state index in [1.54, 1.807) is 55.5 Å². The van der Waals surface area contributed by atoms with Crippen LogP contribution in [-0.4, -0.2) is 92.7 Å². The second-order valence-corrected chi connectivity index (χ2v) is 12.4. The number of nitrogens with zero attached hydrogens (tertiary/aromatic N) is 3. The number of hydrogen-bond acceptors (Lipinski definition) is 10. The van der Waals surface area contributed by atoms with Gasteiger partial charge in [-0.05, 0) is 30.7 Å². The first-order chi connectivity index (χ1) is 23.1. The van der Waals surface area contributed by atoms with Crippen LogP contribution < -0.4 is 15.7 Å². The molecule has 3 aliphatic rings. The van der Waals surface area contributed by atoms with Crippen molar-refractivity contribution >= 4 is 58.2 Å². The summed E-state index contributed by atoms with van der Waals surface area (Å²) in [6, 6.07) is 13.9. The van der Waals surface area contributed by atoms with Crippen LogP contribution in [0.4, 0.5) is 4.79 Å². The molecule has 2 aromatic carbocycles. The standard InChI is InChI=1S/C33H30N4O10S/c1-2-35-12-13-36(30(42)29(35)41)33(45)34-26(19-6-4-3-5-7-19)23(38)15-22-28(40)37-27(32(43)44)20(17-48-31(22)37)16-46-21-10-8-18-9-11-25(39)47-24(18)14-21/h3-11,14,22,26,31H,2,12-13,15-17H2,1H3,(H,34,45)(H,43,44)/t22-,26-,31-/m1/s1. The molecule has 0 radical (unpaired) electrons. The van der Waals surface area contributed by atoms with Crippen LogP contribution in [0.1, 0.15) is 24.9 Å². The number of rotatable bonds is 10. The molecule has 2 saturated heterocycles. The van der Waals surface area contributed by atoms with Crippen molar-refractivity contribution in [2.45, 2.75) is 24.8 Å². The molecule has 0 unspecified atom stereocenters. The van der Waals surface area contributed by atoms with Crippen LogP contribution in [0, 0.1) is 5.92 Å². The number of thioether (sulfide) groups is 1. The van der Waals surface area contributed by atoms with Crippen LogP contribution in [0.15, 0.2) is 81.1 Å². The van der Waals surface area contributed by atoms with E-state index < -0.39 is 58.5 Å². The van der Waals surface area contributed by atoms with E-state index in [0.29, 0.717) is 34.4 Å². The van der Waals surface area contributed by atoms with Crippen molar-refractivity contribution in [1.29, 1.82) is 0 Å². The van der Waals surface area contributed by atoms with E-state index in [1.807, 2.05) is 0 Å². The number of Topliss-reactive ketones (excluding diaryl/α,β-unsaturated/α-hetero) is 1. The van der Waals surface area contributed by atoms with Gasteiger partial charge in [-0.2, -0.15) is 0 Å². The number of fused-ring (bicyclic) bond motifs is 2. The van der Waals surface area contributed by atoms with E-state index in [2.05, 4.69) is 5.32 Å². The van der Waals surface area contributed by atoms with Crippen molar-refractivity contribution in [3.05, 3.63) is 87.9 Å². The highest BCUT2D eigenvalue weighted by molar-refractivity contribution is 8.00. The van der Waals surface area contributed by atoms with Crippen LogP contribution in [0.5, 0.6) is 5.75 Å². The minimum Gasteiger partial charge on any atom is -0.489 e. The molecule has 0 bridgehead atoms. The number of hydrogen-bond donors (Lipinski definition) is 2. The fraction of sp³-hybridized carbons (Fsp3) is 0.303. The Bertz CT molecular complexity index is 1930. The Balaban J connectivity index is 1.16. The number of nitrogens with one attached hydrogen (secondary N) is 1. The zero-order valence-electron chi connectivity index (χ0n) is 25.6. The average Bonchev–Trinajstić information content (AvgIpc) is 3.09. The molecule has 0 aliphatic carbocycles. The van der Waals surface area contributed by atoms with Gasteiger partial charge in [-0.15, -0.1) is 11.8 Å². The summed E-state index contributed by atoms with van der Waals surface area (Å²) < 4.78 is 11.0. The highest BCUT2D eigenvalue weighted by atomic mass is 32.2. The normalized spacial score (nSPS) is 19.9. The molecule has 0 saturated carbocycles. The molecular weight excluding hydrogens is 644 g/mol. The number of carbonyl (C=O) groups is 6. The first-order valence-electron chi connectivity index (χ1n) is 15.1. The first kappa shape index (κ1) is 32.5. The van der Waals surface area contributed by atoms with Crippen molar-refractivity contribution < 1.29 is 43.0 Å². The Kier molecular flexibility index (Phi) is 9.04. The number of carbonyl (C=O) groups excluding carboxylic acids is 5. The number of amides is 5. The highest BCUT2D eigenvalue weighted by Crippen LogP contribution is 2.45. The molecule has 3 aromatic rings. The predicted octanol–water partition coefficient (Wildman–Crippen LogP) is 2.14. The molecule has 2 N–H and O–H groups in total. The van der Waals surface area contributed by atoms with Crippen molar-refractivity contribution in [1.82, 2.24) is 20.0 Å². The Hall–Kier alpha value is -5.44. The number of benzene rings is 2. The summed E-state index contributed by atoms with van der Waals surface area (Å²) in [6.45, 7) is 2.01. The van der Waals surface area contributed by atoms with E-state index in [-0.39, 0.29) is 37.6 Å². The third-order valence-electron chi connectivity index (χ3n) is 8.45. The second-order valence-electron chi connectivity index (χ2n) is 11.3. The maximum Gasteiger partial charge on any atom is 0.352 e. The lowest BCUT2D eigenvalue weighted by Crippen LogP contribution is -2.62. The van der Waals surface area contributed by atoms with Crippen LogP contribution in [0.2, 0.25) is 0 Å². The Morgan fingerprint density at radius 3 is 2.50 bits per heavy atom. The van der Waals surface area contributed by atoms with Gasteiger partial charge < -0.3 is 24.5 Å². The minimum absolute atomic E-state index is 0.0393. The lowest BCUT2D eigenvalue weighted by atomic mass is 9.87. The summed E-state index contributed by atoms with van der Waals surface area (Å²) in [5.74, 6) is -4.51. The maximum atomic E-state index is 13.7. The summed E-state index contributed by atoms with van der Waals surface area (Å²) in [6.07, 6.45) is -0.301. The van der Waals surface area contributed by atoms with Crippen molar-refractivity contribution in [2.75, 3.05) is 32.0 Å². The third-order valence-corrected chi connectivity index (χ3v) is 9.84. The summed E-state index contributed by atoms with van der Waals surface area (Å²) >= 11 is 1.29.